The first kappa shape index (κ1) is 15.7. The molecule has 8 heteroatoms. The Balaban J connectivity index is 2.31. The molecular formula is C13H14F3N3OS. The van der Waals surface area contributed by atoms with Gasteiger partial charge in [0.1, 0.15) is 5.75 Å². The largest absolute Gasteiger partial charge is 0.494 e. The van der Waals surface area contributed by atoms with E-state index in [4.69, 9.17) is 10.6 Å². The molecule has 1 atom stereocenters. The summed E-state index contributed by atoms with van der Waals surface area (Å²) in [5.41, 5.74) is 3.23. The van der Waals surface area contributed by atoms with Crippen LogP contribution in [-0.2, 0) is 6.18 Å². The summed E-state index contributed by atoms with van der Waals surface area (Å²) in [4.78, 5) is 3.79. The first-order valence-electron chi connectivity index (χ1n) is 6.17. The number of rotatable bonds is 5. The SMILES string of the molecule is CCOc1cccc(C(NN)c2cnc(C(F)(F)F)s2)c1. The van der Waals surface area contributed by atoms with Crippen LogP contribution in [0.2, 0.25) is 0 Å². The maximum Gasteiger partial charge on any atom is 0.443 e. The minimum Gasteiger partial charge on any atom is -0.494 e. The molecule has 2 rings (SSSR count). The number of nitrogens with one attached hydrogen (secondary N) is 1. The summed E-state index contributed by atoms with van der Waals surface area (Å²) >= 11 is 0.567. The summed E-state index contributed by atoms with van der Waals surface area (Å²) in [5.74, 6) is 6.12. The van der Waals surface area contributed by atoms with Gasteiger partial charge in [0.15, 0.2) is 5.01 Å². The number of aromatic nitrogens is 1. The van der Waals surface area contributed by atoms with Gasteiger partial charge in [-0.1, -0.05) is 12.1 Å². The highest BCUT2D eigenvalue weighted by atomic mass is 32.1. The van der Waals surface area contributed by atoms with Gasteiger partial charge >= 0.3 is 6.18 Å². The van der Waals surface area contributed by atoms with Crippen LogP contribution in [0.25, 0.3) is 0 Å². The van der Waals surface area contributed by atoms with Crippen LogP contribution < -0.4 is 16.0 Å². The molecule has 3 N–H and O–H groups in total. The van der Waals surface area contributed by atoms with Crippen LogP contribution in [0.15, 0.2) is 30.5 Å². The first-order valence-corrected chi connectivity index (χ1v) is 6.99. The zero-order valence-electron chi connectivity index (χ0n) is 11.1. The minimum atomic E-state index is -4.45. The van der Waals surface area contributed by atoms with Crippen molar-refractivity contribution in [2.75, 3.05) is 6.61 Å². The number of hydrogen-bond donors (Lipinski definition) is 2. The Kier molecular flexibility index (Phi) is 4.81. The van der Waals surface area contributed by atoms with E-state index in [0.717, 1.165) is 0 Å². The number of nitrogens with zero attached hydrogens (tertiary/aromatic N) is 1. The molecule has 1 aromatic carbocycles. The van der Waals surface area contributed by atoms with Crippen molar-refractivity contribution in [3.05, 3.63) is 45.9 Å². The van der Waals surface area contributed by atoms with E-state index in [9.17, 15) is 13.2 Å². The van der Waals surface area contributed by atoms with Crippen molar-refractivity contribution in [1.82, 2.24) is 10.4 Å². The van der Waals surface area contributed by atoms with E-state index < -0.39 is 17.2 Å². The number of halogens is 3. The summed E-state index contributed by atoms with van der Waals surface area (Å²) in [6.07, 6.45) is -3.26. The van der Waals surface area contributed by atoms with E-state index in [1.807, 2.05) is 6.92 Å². The Labute approximate surface area is 123 Å². The molecule has 1 aromatic heterocycles. The van der Waals surface area contributed by atoms with Crippen LogP contribution in [-0.4, -0.2) is 11.6 Å². The molecule has 1 heterocycles. The summed E-state index contributed by atoms with van der Waals surface area (Å²) in [6.45, 7) is 2.35. The number of alkyl halides is 3. The van der Waals surface area contributed by atoms with Crippen molar-refractivity contribution >= 4 is 11.3 Å². The second-order valence-corrected chi connectivity index (χ2v) is 5.23. The van der Waals surface area contributed by atoms with Crippen molar-refractivity contribution in [1.29, 1.82) is 0 Å². The van der Waals surface area contributed by atoms with Gasteiger partial charge in [-0.15, -0.1) is 11.3 Å². The van der Waals surface area contributed by atoms with E-state index in [0.29, 0.717) is 34.1 Å². The summed E-state index contributed by atoms with van der Waals surface area (Å²) in [5, 5.41) is -0.890. The van der Waals surface area contributed by atoms with E-state index >= 15 is 0 Å². The van der Waals surface area contributed by atoms with E-state index in [2.05, 4.69) is 10.4 Å². The van der Waals surface area contributed by atoms with Crippen LogP contribution in [0, 0.1) is 0 Å². The number of benzene rings is 1. The molecule has 0 aliphatic rings. The first-order chi connectivity index (χ1) is 9.95. The van der Waals surface area contributed by atoms with Crippen molar-refractivity contribution in [2.45, 2.75) is 19.1 Å². The maximum atomic E-state index is 12.6. The molecule has 0 saturated carbocycles. The van der Waals surface area contributed by atoms with E-state index in [-0.39, 0.29) is 0 Å². The standard InChI is InChI=1S/C13H14F3N3OS/c1-2-20-9-5-3-4-8(6-9)11(19-17)10-7-18-12(21-10)13(14,15)16/h3-7,11,19H,2,17H2,1H3. The number of ether oxygens (including phenoxy) is 1. The fourth-order valence-corrected chi connectivity index (χ4v) is 2.72. The zero-order chi connectivity index (χ0) is 15.5. The van der Waals surface area contributed by atoms with Crippen LogP contribution >= 0.6 is 11.3 Å². The predicted octanol–water partition coefficient (Wildman–Crippen LogP) is 3.11. The van der Waals surface area contributed by atoms with Crippen molar-refractivity contribution in [2.24, 2.45) is 5.84 Å². The third-order valence-electron chi connectivity index (χ3n) is 2.72. The lowest BCUT2D eigenvalue weighted by atomic mass is 10.1. The molecule has 0 fully saturated rings. The molecule has 1 unspecified atom stereocenters. The van der Waals surface area contributed by atoms with Crippen molar-refractivity contribution in [3.63, 3.8) is 0 Å². The second kappa shape index (κ2) is 6.42. The number of hydrogen-bond acceptors (Lipinski definition) is 5. The fraction of sp³-hybridized carbons (Fsp3) is 0.308. The quantitative estimate of drug-likeness (QED) is 0.657. The van der Waals surface area contributed by atoms with Gasteiger partial charge in [0.25, 0.3) is 0 Å². The van der Waals surface area contributed by atoms with Crippen LogP contribution in [0.1, 0.15) is 28.4 Å². The molecule has 0 aliphatic carbocycles. The van der Waals surface area contributed by atoms with E-state index in [1.54, 1.807) is 24.3 Å². The maximum absolute atomic E-state index is 12.6. The molecule has 21 heavy (non-hydrogen) atoms. The van der Waals surface area contributed by atoms with Crippen molar-refractivity contribution < 1.29 is 17.9 Å². The third kappa shape index (κ3) is 3.72. The lowest BCUT2D eigenvalue weighted by Gasteiger charge is -2.15. The van der Waals surface area contributed by atoms with Gasteiger partial charge in [-0.05, 0) is 24.6 Å². The van der Waals surface area contributed by atoms with Crippen LogP contribution in [0.4, 0.5) is 13.2 Å². The molecule has 0 bridgehead atoms. The highest BCUT2D eigenvalue weighted by Gasteiger charge is 2.35. The summed E-state index contributed by atoms with van der Waals surface area (Å²) in [7, 11) is 0. The van der Waals surface area contributed by atoms with Gasteiger partial charge in [0.2, 0.25) is 0 Å². The number of thiazole rings is 1. The molecular weight excluding hydrogens is 303 g/mol. The van der Waals surface area contributed by atoms with E-state index in [1.165, 1.54) is 6.20 Å². The Morgan fingerprint density at radius 1 is 1.43 bits per heavy atom. The van der Waals surface area contributed by atoms with Gasteiger partial charge in [-0.25, -0.2) is 10.4 Å². The highest BCUT2D eigenvalue weighted by Crippen LogP contribution is 2.36. The molecule has 2 aromatic rings. The Hall–Kier alpha value is -1.64. The lowest BCUT2D eigenvalue weighted by Crippen LogP contribution is -2.28. The van der Waals surface area contributed by atoms with Crippen molar-refractivity contribution in [3.8, 4) is 5.75 Å². The van der Waals surface area contributed by atoms with Gasteiger partial charge in [-0.3, -0.25) is 5.84 Å². The molecule has 4 nitrogen and oxygen atoms in total. The summed E-state index contributed by atoms with van der Waals surface area (Å²) < 4.78 is 43.2. The van der Waals surface area contributed by atoms with Gasteiger partial charge < -0.3 is 4.74 Å². The monoisotopic (exact) mass is 317 g/mol. The van der Waals surface area contributed by atoms with Gasteiger partial charge in [0.05, 0.1) is 12.6 Å². The third-order valence-corrected chi connectivity index (χ3v) is 3.83. The fourth-order valence-electron chi connectivity index (χ4n) is 1.84. The number of hydrazine groups is 1. The molecule has 0 spiro atoms. The molecule has 114 valence electrons. The predicted molar refractivity (Wildman–Crippen MR) is 73.9 cm³/mol. The smallest absolute Gasteiger partial charge is 0.443 e. The Bertz CT molecular complexity index is 600. The second-order valence-electron chi connectivity index (χ2n) is 4.17. The molecule has 0 amide bonds. The zero-order valence-corrected chi connectivity index (χ0v) is 12.0. The molecule has 0 radical (unpaired) electrons. The molecule has 0 saturated heterocycles. The van der Waals surface area contributed by atoms with Gasteiger partial charge in [0, 0.05) is 11.1 Å². The van der Waals surface area contributed by atoms with Crippen LogP contribution in [0.3, 0.4) is 0 Å². The minimum absolute atomic E-state index is 0.387. The Morgan fingerprint density at radius 3 is 2.76 bits per heavy atom. The van der Waals surface area contributed by atoms with Gasteiger partial charge in [-0.2, -0.15) is 13.2 Å². The Morgan fingerprint density at radius 2 is 2.19 bits per heavy atom. The van der Waals surface area contributed by atoms with Crippen LogP contribution in [0.5, 0.6) is 5.75 Å². The normalized spacial score (nSPS) is 13.2. The lowest BCUT2D eigenvalue weighted by molar-refractivity contribution is -0.137. The molecule has 0 aliphatic heterocycles. The highest BCUT2D eigenvalue weighted by molar-refractivity contribution is 7.11. The summed E-state index contributed by atoms with van der Waals surface area (Å²) in [6, 6.07) is 6.46. The number of nitrogens with two attached hydrogens (primary N) is 1. The average Bonchev–Trinajstić information content (AvgIpc) is 2.90. The average molecular weight is 317 g/mol. The topological polar surface area (TPSA) is 60.2 Å².